The topological polar surface area (TPSA) is 119 Å². The maximum Gasteiger partial charge on any atom is 0.323 e. The van der Waals surface area contributed by atoms with Gasteiger partial charge in [-0.3, -0.25) is 14.4 Å². The summed E-state index contributed by atoms with van der Waals surface area (Å²) in [6.45, 7) is 1.76. The molecule has 7 nitrogen and oxygen atoms in total. The number of nitrogens with zero attached hydrogens (tertiary/aromatic N) is 1. The number of anilines is 2. The molecule has 0 radical (unpaired) electrons. The van der Waals surface area contributed by atoms with Gasteiger partial charge in [-0.25, -0.2) is 4.90 Å². The number of imide groups is 1. The number of rotatable bonds is 4. The molecule has 0 spiro atoms. The van der Waals surface area contributed by atoms with Gasteiger partial charge in [0.25, 0.3) is 0 Å². The third kappa shape index (κ3) is 4.65. The van der Waals surface area contributed by atoms with Crippen LogP contribution in [0.15, 0.2) is 48.5 Å². The number of amides is 3. The molecular formula is C18H20N4O3. The number of carbonyl (C=O) groups is 3. The van der Waals surface area contributed by atoms with Crippen molar-refractivity contribution < 1.29 is 14.4 Å². The molecule has 7 heteroatoms. The van der Waals surface area contributed by atoms with E-state index in [2.05, 4.69) is 5.32 Å². The molecule has 2 rings (SSSR count). The van der Waals surface area contributed by atoms with Gasteiger partial charge in [-0.2, -0.15) is 0 Å². The Morgan fingerprint density at radius 2 is 1.68 bits per heavy atom. The highest BCUT2D eigenvalue weighted by Crippen LogP contribution is 2.17. The molecule has 130 valence electrons. The van der Waals surface area contributed by atoms with Crippen LogP contribution in [-0.4, -0.2) is 17.7 Å². The van der Waals surface area contributed by atoms with Crippen molar-refractivity contribution >= 4 is 29.1 Å². The van der Waals surface area contributed by atoms with Gasteiger partial charge >= 0.3 is 11.8 Å². The summed E-state index contributed by atoms with van der Waals surface area (Å²) < 4.78 is 0. The lowest BCUT2D eigenvalue weighted by Crippen LogP contribution is -2.45. The van der Waals surface area contributed by atoms with Crippen molar-refractivity contribution in [3.05, 3.63) is 59.7 Å². The number of hydrogen-bond acceptors (Lipinski definition) is 5. The van der Waals surface area contributed by atoms with Crippen molar-refractivity contribution in [1.82, 2.24) is 5.32 Å². The summed E-state index contributed by atoms with van der Waals surface area (Å²) in [5.74, 6) is -2.38. The van der Waals surface area contributed by atoms with Crippen molar-refractivity contribution in [2.75, 3.05) is 10.6 Å². The van der Waals surface area contributed by atoms with Crippen molar-refractivity contribution in [3.63, 3.8) is 0 Å². The molecule has 25 heavy (non-hydrogen) atoms. The molecule has 0 saturated heterocycles. The van der Waals surface area contributed by atoms with Crippen LogP contribution in [0, 0.1) is 0 Å². The third-order valence-electron chi connectivity index (χ3n) is 3.54. The number of nitrogens with one attached hydrogen (secondary N) is 1. The minimum atomic E-state index is -0.952. The predicted molar refractivity (Wildman–Crippen MR) is 95.2 cm³/mol. The lowest BCUT2D eigenvalue weighted by atomic mass is 10.1. The summed E-state index contributed by atoms with van der Waals surface area (Å²) in [5, 5.41) is 2.52. The van der Waals surface area contributed by atoms with E-state index in [4.69, 9.17) is 11.5 Å². The maximum atomic E-state index is 12.4. The van der Waals surface area contributed by atoms with Crippen LogP contribution in [0.4, 0.5) is 11.4 Å². The Kier molecular flexibility index (Phi) is 5.86. The minimum Gasteiger partial charge on any atom is -0.399 e. The standard InChI is InChI=1S/C18H20N4O3/c1-12(23)22(16-7-5-15(20)6-8-16)18(25)17(24)21-11-14-4-2-3-13(9-14)10-19/h2-9H,10-11,19-20H2,1H3,(H,21,24). The van der Waals surface area contributed by atoms with Crippen LogP contribution in [0.1, 0.15) is 18.1 Å². The van der Waals surface area contributed by atoms with E-state index in [1.54, 1.807) is 12.1 Å². The first kappa shape index (κ1) is 18.2. The van der Waals surface area contributed by atoms with E-state index in [1.165, 1.54) is 19.1 Å². The Morgan fingerprint density at radius 1 is 1.04 bits per heavy atom. The van der Waals surface area contributed by atoms with Crippen LogP contribution in [0.5, 0.6) is 0 Å². The predicted octanol–water partition coefficient (Wildman–Crippen LogP) is 0.923. The molecule has 0 aliphatic heterocycles. The second-order valence-corrected chi connectivity index (χ2v) is 5.46. The molecule has 0 unspecified atom stereocenters. The zero-order chi connectivity index (χ0) is 18.4. The average molecular weight is 340 g/mol. The summed E-state index contributed by atoms with van der Waals surface area (Å²) >= 11 is 0. The smallest absolute Gasteiger partial charge is 0.323 e. The Bertz CT molecular complexity index is 787. The van der Waals surface area contributed by atoms with Gasteiger partial charge < -0.3 is 16.8 Å². The second-order valence-electron chi connectivity index (χ2n) is 5.46. The second kappa shape index (κ2) is 8.07. The lowest BCUT2D eigenvalue weighted by molar-refractivity contribution is -0.139. The Balaban J connectivity index is 2.09. The molecule has 0 aliphatic carbocycles. The summed E-state index contributed by atoms with van der Waals surface area (Å²) in [4.78, 5) is 37.1. The van der Waals surface area contributed by atoms with Crippen LogP contribution in [0.3, 0.4) is 0 Å². The molecule has 0 aromatic heterocycles. The van der Waals surface area contributed by atoms with Gasteiger partial charge in [-0.1, -0.05) is 24.3 Å². The van der Waals surface area contributed by atoms with Crippen LogP contribution >= 0.6 is 0 Å². The van der Waals surface area contributed by atoms with E-state index in [-0.39, 0.29) is 12.2 Å². The zero-order valence-corrected chi connectivity index (χ0v) is 13.9. The molecular weight excluding hydrogens is 320 g/mol. The van der Waals surface area contributed by atoms with Crippen LogP contribution < -0.4 is 21.7 Å². The molecule has 2 aromatic rings. The largest absolute Gasteiger partial charge is 0.399 e. The molecule has 3 amide bonds. The number of carbonyl (C=O) groups excluding carboxylic acids is 3. The Morgan fingerprint density at radius 3 is 2.28 bits per heavy atom. The fourth-order valence-electron chi connectivity index (χ4n) is 2.29. The number of benzene rings is 2. The summed E-state index contributed by atoms with van der Waals surface area (Å²) in [5.41, 5.74) is 13.7. The first-order valence-corrected chi connectivity index (χ1v) is 7.68. The fraction of sp³-hybridized carbons (Fsp3) is 0.167. The van der Waals surface area contributed by atoms with Gasteiger partial charge in [0.2, 0.25) is 5.91 Å². The van der Waals surface area contributed by atoms with Gasteiger partial charge in [0.05, 0.1) is 5.69 Å². The van der Waals surface area contributed by atoms with Gasteiger partial charge in [-0.05, 0) is 35.4 Å². The number of hydrogen-bond donors (Lipinski definition) is 3. The molecule has 0 bridgehead atoms. The zero-order valence-electron chi connectivity index (χ0n) is 13.9. The minimum absolute atomic E-state index is 0.159. The van der Waals surface area contributed by atoms with Gasteiger partial charge in [0, 0.05) is 25.7 Å². The van der Waals surface area contributed by atoms with E-state index in [9.17, 15) is 14.4 Å². The highest BCUT2D eigenvalue weighted by molar-refractivity contribution is 6.45. The van der Waals surface area contributed by atoms with E-state index < -0.39 is 17.7 Å². The summed E-state index contributed by atoms with van der Waals surface area (Å²) in [6, 6.07) is 13.5. The summed E-state index contributed by atoms with van der Waals surface area (Å²) in [7, 11) is 0. The maximum absolute atomic E-state index is 12.4. The van der Waals surface area contributed by atoms with Crippen LogP contribution in [-0.2, 0) is 27.5 Å². The first-order valence-electron chi connectivity index (χ1n) is 7.68. The number of nitrogens with two attached hydrogens (primary N) is 2. The normalized spacial score (nSPS) is 10.2. The van der Waals surface area contributed by atoms with Crippen molar-refractivity contribution in [3.8, 4) is 0 Å². The van der Waals surface area contributed by atoms with Crippen molar-refractivity contribution in [2.45, 2.75) is 20.0 Å². The van der Waals surface area contributed by atoms with Crippen LogP contribution in [0.2, 0.25) is 0 Å². The van der Waals surface area contributed by atoms with Gasteiger partial charge in [0.15, 0.2) is 0 Å². The van der Waals surface area contributed by atoms with E-state index >= 15 is 0 Å². The molecule has 0 heterocycles. The van der Waals surface area contributed by atoms with Gasteiger partial charge in [-0.15, -0.1) is 0 Å². The third-order valence-corrected chi connectivity index (χ3v) is 3.54. The first-order chi connectivity index (χ1) is 11.9. The fourth-order valence-corrected chi connectivity index (χ4v) is 2.29. The van der Waals surface area contributed by atoms with Crippen molar-refractivity contribution in [2.24, 2.45) is 5.73 Å². The van der Waals surface area contributed by atoms with E-state index in [0.717, 1.165) is 16.0 Å². The molecule has 0 atom stereocenters. The number of nitrogen functional groups attached to an aromatic ring is 1. The molecule has 0 saturated carbocycles. The average Bonchev–Trinajstić information content (AvgIpc) is 2.61. The Labute approximate surface area is 145 Å². The quantitative estimate of drug-likeness (QED) is 0.565. The Hall–Kier alpha value is -3.19. The van der Waals surface area contributed by atoms with E-state index in [1.807, 2.05) is 24.3 Å². The molecule has 0 aliphatic rings. The molecule has 0 fully saturated rings. The van der Waals surface area contributed by atoms with Crippen molar-refractivity contribution in [1.29, 1.82) is 0 Å². The monoisotopic (exact) mass is 340 g/mol. The lowest BCUT2D eigenvalue weighted by Gasteiger charge is -2.18. The molecule has 5 N–H and O–H groups in total. The van der Waals surface area contributed by atoms with Crippen LogP contribution in [0.25, 0.3) is 0 Å². The summed E-state index contributed by atoms with van der Waals surface area (Å²) in [6.07, 6.45) is 0. The van der Waals surface area contributed by atoms with E-state index in [0.29, 0.717) is 12.2 Å². The SMILES string of the molecule is CC(=O)N(C(=O)C(=O)NCc1cccc(CN)c1)c1ccc(N)cc1. The molecule has 2 aromatic carbocycles. The highest BCUT2D eigenvalue weighted by Gasteiger charge is 2.26. The van der Waals surface area contributed by atoms with Gasteiger partial charge in [0.1, 0.15) is 0 Å². The highest BCUT2D eigenvalue weighted by atomic mass is 16.2.